The minimum absolute atomic E-state index is 0.0424. The van der Waals surface area contributed by atoms with Crippen LogP contribution in [0.4, 0.5) is 5.69 Å². The van der Waals surface area contributed by atoms with Crippen LogP contribution in [0.5, 0.6) is 5.75 Å². The molecule has 3 rings (SSSR count). The number of nitriles is 1. The number of halogens is 1. The number of carbonyl (C=O) groups is 1. The SMILES string of the molecule is Cc1ccc(NC(=O)/C(C#N)=C\c2cccc(OS(=O)(=O)c3ccc(Cl)cc3)c2)c(C)c1. The number of hydrogen-bond donors (Lipinski definition) is 1. The molecule has 0 atom stereocenters. The average Bonchev–Trinajstić information content (AvgIpc) is 2.74. The van der Waals surface area contributed by atoms with Crippen molar-refractivity contribution in [2.45, 2.75) is 18.7 Å². The number of anilines is 1. The molecule has 1 amide bonds. The first kappa shape index (κ1) is 23.1. The van der Waals surface area contributed by atoms with Gasteiger partial charge in [-0.1, -0.05) is 41.4 Å². The summed E-state index contributed by atoms with van der Waals surface area (Å²) in [6.07, 6.45) is 1.36. The highest BCUT2D eigenvalue weighted by Crippen LogP contribution is 2.23. The molecule has 0 unspecified atom stereocenters. The molecule has 0 aliphatic rings. The molecule has 0 saturated heterocycles. The maximum atomic E-state index is 12.6. The topological polar surface area (TPSA) is 96.3 Å². The summed E-state index contributed by atoms with van der Waals surface area (Å²) in [5, 5.41) is 12.6. The van der Waals surface area contributed by atoms with Crippen LogP contribution >= 0.6 is 11.6 Å². The third-order valence-electron chi connectivity index (χ3n) is 4.47. The summed E-state index contributed by atoms with van der Waals surface area (Å²) >= 11 is 5.80. The average molecular weight is 467 g/mol. The van der Waals surface area contributed by atoms with E-state index in [2.05, 4.69) is 5.32 Å². The molecule has 0 radical (unpaired) electrons. The first-order chi connectivity index (χ1) is 15.2. The first-order valence-corrected chi connectivity index (χ1v) is 11.3. The highest BCUT2D eigenvalue weighted by Gasteiger charge is 2.17. The molecule has 32 heavy (non-hydrogen) atoms. The van der Waals surface area contributed by atoms with Crippen molar-refractivity contribution >= 4 is 39.4 Å². The van der Waals surface area contributed by atoms with Crippen LogP contribution in [0.2, 0.25) is 5.02 Å². The molecule has 3 aromatic rings. The van der Waals surface area contributed by atoms with Crippen LogP contribution in [0, 0.1) is 25.2 Å². The lowest BCUT2D eigenvalue weighted by molar-refractivity contribution is -0.112. The van der Waals surface area contributed by atoms with Crippen molar-refractivity contribution in [1.82, 2.24) is 0 Å². The molecule has 8 heteroatoms. The first-order valence-electron chi connectivity index (χ1n) is 9.48. The van der Waals surface area contributed by atoms with Crippen molar-refractivity contribution in [3.05, 3.63) is 94.0 Å². The van der Waals surface area contributed by atoms with Gasteiger partial charge in [0.1, 0.15) is 22.3 Å². The Morgan fingerprint density at radius 3 is 2.44 bits per heavy atom. The second-order valence-electron chi connectivity index (χ2n) is 7.01. The van der Waals surface area contributed by atoms with Gasteiger partial charge in [-0.15, -0.1) is 0 Å². The molecule has 3 aromatic carbocycles. The van der Waals surface area contributed by atoms with Gasteiger partial charge >= 0.3 is 10.1 Å². The quantitative estimate of drug-likeness (QED) is 0.303. The van der Waals surface area contributed by atoms with Crippen LogP contribution in [0.25, 0.3) is 6.08 Å². The highest BCUT2D eigenvalue weighted by molar-refractivity contribution is 7.87. The molecule has 0 aliphatic heterocycles. The van der Waals surface area contributed by atoms with E-state index in [0.29, 0.717) is 16.3 Å². The second-order valence-corrected chi connectivity index (χ2v) is 8.99. The lowest BCUT2D eigenvalue weighted by atomic mass is 10.1. The van der Waals surface area contributed by atoms with Crippen LogP contribution in [0.15, 0.2) is 77.2 Å². The van der Waals surface area contributed by atoms with Crippen molar-refractivity contribution in [3.8, 4) is 11.8 Å². The zero-order valence-electron chi connectivity index (χ0n) is 17.3. The number of aryl methyl sites for hydroxylation is 2. The van der Waals surface area contributed by atoms with Crippen molar-refractivity contribution in [1.29, 1.82) is 5.26 Å². The van der Waals surface area contributed by atoms with Gasteiger partial charge in [-0.3, -0.25) is 4.79 Å². The fourth-order valence-corrected chi connectivity index (χ4v) is 3.94. The van der Waals surface area contributed by atoms with Gasteiger partial charge in [0.25, 0.3) is 5.91 Å². The number of amides is 1. The summed E-state index contributed by atoms with van der Waals surface area (Å²) in [5.41, 5.74) is 2.83. The number of nitrogens with one attached hydrogen (secondary N) is 1. The van der Waals surface area contributed by atoms with Gasteiger partial charge in [-0.25, -0.2) is 0 Å². The van der Waals surface area contributed by atoms with E-state index in [9.17, 15) is 18.5 Å². The van der Waals surface area contributed by atoms with Gasteiger partial charge in [0.2, 0.25) is 0 Å². The minimum atomic E-state index is -4.07. The molecule has 0 aliphatic carbocycles. The van der Waals surface area contributed by atoms with Crippen molar-refractivity contribution in [3.63, 3.8) is 0 Å². The third-order valence-corrected chi connectivity index (χ3v) is 5.99. The summed E-state index contributed by atoms with van der Waals surface area (Å²) in [4.78, 5) is 12.5. The molecule has 0 saturated carbocycles. The zero-order valence-corrected chi connectivity index (χ0v) is 18.9. The van der Waals surface area contributed by atoms with Crippen molar-refractivity contribution in [2.75, 3.05) is 5.32 Å². The molecule has 0 fully saturated rings. The van der Waals surface area contributed by atoms with Crippen molar-refractivity contribution < 1.29 is 17.4 Å². The van der Waals surface area contributed by atoms with E-state index in [1.54, 1.807) is 18.2 Å². The Kier molecular flexibility index (Phi) is 6.98. The third kappa shape index (κ3) is 5.76. The number of benzene rings is 3. The minimum Gasteiger partial charge on any atom is -0.379 e. The maximum absolute atomic E-state index is 12.6. The Labute approximate surface area is 191 Å². The number of carbonyl (C=O) groups excluding carboxylic acids is 1. The predicted octanol–water partition coefficient (Wildman–Crippen LogP) is 5.27. The molecule has 6 nitrogen and oxygen atoms in total. The Morgan fingerprint density at radius 2 is 1.78 bits per heavy atom. The number of hydrogen-bond acceptors (Lipinski definition) is 5. The second kappa shape index (κ2) is 9.69. The lowest BCUT2D eigenvalue weighted by Crippen LogP contribution is -2.14. The molecular weight excluding hydrogens is 448 g/mol. The fourth-order valence-electron chi connectivity index (χ4n) is 2.89. The Hall–Kier alpha value is -3.60. The van der Waals surface area contributed by atoms with Crippen LogP contribution in [0.3, 0.4) is 0 Å². The smallest absolute Gasteiger partial charge is 0.339 e. The standard InChI is InChI=1S/C24H19ClN2O4S/c1-16-6-11-23(17(2)12-16)27-24(28)19(15-26)13-18-4-3-5-21(14-18)31-32(29,30)22-9-7-20(25)8-10-22/h3-14H,1-2H3,(H,27,28)/b19-13-. The normalized spacial score (nSPS) is 11.5. The zero-order chi connectivity index (χ0) is 23.3. The van der Waals surface area contributed by atoms with Gasteiger partial charge in [0.05, 0.1) is 0 Å². The van der Waals surface area contributed by atoms with Crippen molar-refractivity contribution in [2.24, 2.45) is 0 Å². The van der Waals surface area contributed by atoms with Crippen LogP contribution in [0.1, 0.15) is 16.7 Å². The molecule has 0 bridgehead atoms. The monoisotopic (exact) mass is 466 g/mol. The van der Waals surface area contributed by atoms with E-state index in [1.807, 2.05) is 32.0 Å². The Balaban J connectivity index is 1.81. The van der Waals surface area contributed by atoms with Gasteiger partial charge in [-0.2, -0.15) is 13.7 Å². The van der Waals surface area contributed by atoms with E-state index in [-0.39, 0.29) is 16.2 Å². The van der Waals surface area contributed by atoms with Gasteiger partial charge in [0.15, 0.2) is 0 Å². The van der Waals surface area contributed by atoms with E-state index >= 15 is 0 Å². The summed E-state index contributed by atoms with van der Waals surface area (Å²) in [6, 6.07) is 19.1. The van der Waals surface area contributed by atoms with E-state index in [0.717, 1.165) is 11.1 Å². The fraction of sp³-hybridized carbons (Fsp3) is 0.0833. The number of nitrogens with zero attached hydrogens (tertiary/aromatic N) is 1. The predicted molar refractivity (Wildman–Crippen MR) is 124 cm³/mol. The lowest BCUT2D eigenvalue weighted by Gasteiger charge is -2.09. The molecule has 162 valence electrons. The summed E-state index contributed by atoms with van der Waals surface area (Å²) < 4.78 is 30.1. The van der Waals surface area contributed by atoms with Crippen LogP contribution < -0.4 is 9.50 Å². The largest absolute Gasteiger partial charge is 0.379 e. The highest BCUT2D eigenvalue weighted by atomic mass is 35.5. The van der Waals surface area contributed by atoms with Gasteiger partial charge < -0.3 is 9.50 Å². The summed E-state index contributed by atoms with van der Waals surface area (Å²) in [6.45, 7) is 3.81. The van der Waals surface area contributed by atoms with Crippen LogP contribution in [-0.4, -0.2) is 14.3 Å². The maximum Gasteiger partial charge on any atom is 0.339 e. The van der Waals surface area contributed by atoms with Crippen LogP contribution in [-0.2, 0) is 14.9 Å². The van der Waals surface area contributed by atoms with E-state index in [4.69, 9.17) is 15.8 Å². The van der Waals surface area contributed by atoms with E-state index in [1.165, 1.54) is 42.5 Å². The number of rotatable bonds is 6. The Morgan fingerprint density at radius 1 is 1.06 bits per heavy atom. The van der Waals surface area contributed by atoms with Gasteiger partial charge in [-0.05, 0) is 73.5 Å². The Bertz CT molecular complexity index is 1340. The molecule has 0 heterocycles. The summed E-state index contributed by atoms with van der Waals surface area (Å²) in [7, 11) is -4.07. The van der Waals surface area contributed by atoms with Gasteiger partial charge in [0, 0.05) is 10.7 Å². The molecular formula is C24H19ClN2O4S. The molecule has 0 aromatic heterocycles. The van der Waals surface area contributed by atoms with E-state index < -0.39 is 16.0 Å². The summed E-state index contributed by atoms with van der Waals surface area (Å²) in [5.74, 6) is -0.527. The molecule has 0 spiro atoms. The molecule has 1 N–H and O–H groups in total.